The third kappa shape index (κ3) is 1.83. The molecule has 0 bridgehead atoms. The van der Waals surface area contributed by atoms with Gasteiger partial charge in [-0.15, -0.1) is 0 Å². The van der Waals surface area contributed by atoms with E-state index in [0.717, 1.165) is 10.0 Å². The Kier molecular flexibility index (Phi) is 2.40. The number of phenolic OH excluding ortho intramolecular Hbond substituents is 1. The fourth-order valence-corrected chi connectivity index (χ4v) is 1.70. The minimum atomic E-state index is 0.208. The summed E-state index contributed by atoms with van der Waals surface area (Å²) in [6, 6.07) is 5.20. The van der Waals surface area contributed by atoms with Crippen LogP contribution in [0.3, 0.4) is 0 Å². The standard InChI is InChI=1S/C10H10BrN3O/c1-5-2-9(15)6(3-7(5)11)8-4-10(12)14-13-8/h2-4,15H,1H3,(H3,12,13,14). The predicted molar refractivity (Wildman–Crippen MR) is 62.5 cm³/mol. The Morgan fingerprint density at radius 3 is 2.73 bits per heavy atom. The molecule has 0 saturated heterocycles. The van der Waals surface area contributed by atoms with E-state index < -0.39 is 0 Å². The zero-order chi connectivity index (χ0) is 11.0. The molecular formula is C10H10BrN3O. The van der Waals surface area contributed by atoms with Gasteiger partial charge < -0.3 is 10.8 Å². The largest absolute Gasteiger partial charge is 0.507 e. The molecule has 0 aliphatic rings. The molecular weight excluding hydrogens is 258 g/mol. The number of nitrogen functional groups attached to an aromatic ring is 1. The van der Waals surface area contributed by atoms with Crippen molar-refractivity contribution in [2.45, 2.75) is 6.92 Å². The maximum Gasteiger partial charge on any atom is 0.145 e. The lowest BCUT2D eigenvalue weighted by Crippen LogP contribution is -1.83. The minimum Gasteiger partial charge on any atom is -0.507 e. The van der Waals surface area contributed by atoms with Crippen LogP contribution in [0, 0.1) is 6.92 Å². The predicted octanol–water partition coefficient (Wildman–Crippen LogP) is 2.44. The van der Waals surface area contributed by atoms with Crippen LogP contribution in [-0.4, -0.2) is 15.3 Å². The van der Waals surface area contributed by atoms with Gasteiger partial charge >= 0.3 is 0 Å². The van der Waals surface area contributed by atoms with Gasteiger partial charge in [0, 0.05) is 16.1 Å². The zero-order valence-electron chi connectivity index (χ0n) is 8.08. The summed E-state index contributed by atoms with van der Waals surface area (Å²) in [6.07, 6.45) is 0. The molecule has 1 aromatic carbocycles. The molecule has 5 heteroatoms. The van der Waals surface area contributed by atoms with Gasteiger partial charge in [-0.3, -0.25) is 5.10 Å². The average Bonchev–Trinajstić information content (AvgIpc) is 2.58. The van der Waals surface area contributed by atoms with Gasteiger partial charge in [-0.1, -0.05) is 15.9 Å². The number of hydrogen-bond donors (Lipinski definition) is 3. The van der Waals surface area contributed by atoms with Crippen LogP contribution in [0.4, 0.5) is 5.82 Å². The Hall–Kier alpha value is -1.49. The first-order valence-electron chi connectivity index (χ1n) is 4.38. The third-order valence-corrected chi connectivity index (χ3v) is 3.02. The second-order valence-electron chi connectivity index (χ2n) is 3.33. The highest BCUT2D eigenvalue weighted by atomic mass is 79.9. The Balaban J connectivity index is 2.58. The number of aryl methyl sites for hydroxylation is 1. The van der Waals surface area contributed by atoms with Crippen molar-refractivity contribution >= 4 is 21.7 Å². The normalized spacial score (nSPS) is 10.5. The SMILES string of the molecule is Cc1cc(O)c(-c2cc(N)n[nH]2)cc1Br. The van der Waals surface area contributed by atoms with Gasteiger partial charge in [-0.05, 0) is 24.6 Å². The second kappa shape index (κ2) is 3.58. The summed E-state index contributed by atoms with van der Waals surface area (Å²) < 4.78 is 0.934. The Morgan fingerprint density at radius 2 is 2.13 bits per heavy atom. The molecule has 2 aromatic rings. The molecule has 4 N–H and O–H groups in total. The quantitative estimate of drug-likeness (QED) is 0.743. The summed E-state index contributed by atoms with van der Waals surface area (Å²) in [5.41, 5.74) is 7.85. The van der Waals surface area contributed by atoms with Crippen molar-refractivity contribution in [3.8, 4) is 17.0 Å². The molecule has 0 fully saturated rings. The van der Waals surface area contributed by atoms with Crippen LogP contribution in [0.5, 0.6) is 5.75 Å². The van der Waals surface area contributed by atoms with Crippen LogP contribution in [0.25, 0.3) is 11.3 Å². The molecule has 78 valence electrons. The number of hydrogen-bond acceptors (Lipinski definition) is 3. The lowest BCUT2D eigenvalue weighted by molar-refractivity contribution is 0.476. The lowest BCUT2D eigenvalue weighted by atomic mass is 10.1. The minimum absolute atomic E-state index is 0.208. The van der Waals surface area contributed by atoms with Crippen molar-refractivity contribution in [1.82, 2.24) is 10.2 Å². The Labute approximate surface area is 95.3 Å². The Bertz CT molecular complexity index is 507. The van der Waals surface area contributed by atoms with Crippen LogP contribution >= 0.6 is 15.9 Å². The van der Waals surface area contributed by atoms with Gasteiger partial charge in [-0.25, -0.2) is 0 Å². The van der Waals surface area contributed by atoms with E-state index in [4.69, 9.17) is 5.73 Å². The highest BCUT2D eigenvalue weighted by Crippen LogP contribution is 2.33. The van der Waals surface area contributed by atoms with Gasteiger partial charge in [0.15, 0.2) is 0 Å². The van der Waals surface area contributed by atoms with Crippen LogP contribution in [0.15, 0.2) is 22.7 Å². The van der Waals surface area contributed by atoms with Gasteiger partial charge in [0.2, 0.25) is 0 Å². The monoisotopic (exact) mass is 267 g/mol. The maximum absolute atomic E-state index is 9.77. The molecule has 0 spiro atoms. The van der Waals surface area contributed by atoms with E-state index in [0.29, 0.717) is 17.1 Å². The molecule has 0 aliphatic heterocycles. The first kappa shape index (κ1) is 10.0. The van der Waals surface area contributed by atoms with E-state index in [-0.39, 0.29) is 5.75 Å². The first-order valence-corrected chi connectivity index (χ1v) is 5.17. The van der Waals surface area contributed by atoms with Gasteiger partial charge in [0.1, 0.15) is 11.6 Å². The smallest absolute Gasteiger partial charge is 0.145 e. The molecule has 2 rings (SSSR count). The number of halogens is 1. The first-order chi connectivity index (χ1) is 7.08. The van der Waals surface area contributed by atoms with Gasteiger partial charge in [0.05, 0.1) is 5.69 Å². The average molecular weight is 268 g/mol. The number of aromatic nitrogens is 2. The fraction of sp³-hybridized carbons (Fsp3) is 0.100. The highest BCUT2D eigenvalue weighted by molar-refractivity contribution is 9.10. The van der Waals surface area contributed by atoms with E-state index in [9.17, 15) is 5.11 Å². The number of phenols is 1. The van der Waals surface area contributed by atoms with Crippen LogP contribution < -0.4 is 5.73 Å². The summed E-state index contributed by atoms with van der Waals surface area (Å²) in [5.74, 6) is 0.612. The van der Waals surface area contributed by atoms with E-state index in [2.05, 4.69) is 26.1 Å². The van der Waals surface area contributed by atoms with Gasteiger partial charge in [0.25, 0.3) is 0 Å². The number of rotatable bonds is 1. The topological polar surface area (TPSA) is 74.9 Å². The van der Waals surface area contributed by atoms with Crippen molar-refractivity contribution in [2.24, 2.45) is 0 Å². The summed E-state index contributed by atoms with van der Waals surface area (Å²) in [4.78, 5) is 0. The summed E-state index contributed by atoms with van der Waals surface area (Å²) >= 11 is 3.41. The maximum atomic E-state index is 9.77. The molecule has 0 atom stereocenters. The molecule has 15 heavy (non-hydrogen) atoms. The summed E-state index contributed by atoms with van der Waals surface area (Å²) in [7, 11) is 0. The third-order valence-electron chi connectivity index (χ3n) is 2.16. The van der Waals surface area contributed by atoms with E-state index >= 15 is 0 Å². The Morgan fingerprint density at radius 1 is 1.40 bits per heavy atom. The molecule has 0 aliphatic carbocycles. The van der Waals surface area contributed by atoms with Crippen molar-refractivity contribution in [3.63, 3.8) is 0 Å². The summed E-state index contributed by atoms with van der Waals surface area (Å²) in [5, 5.41) is 16.3. The van der Waals surface area contributed by atoms with Crippen molar-refractivity contribution in [3.05, 3.63) is 28.2 Å². The number of aromatic hydroxyl groups is 1. The molecule has 0 amide bonds. The number of H-pyrrole nitrogens is 1. The molecule has 0 saturated carbocycles. The fourth-order valence-electron chi connectivity index (χ4n) is 1.36. The molecule has 1 aromatic heterocycles. The number of nitrogens with two attached hydrogens (primary N) is 1. The zero-order valence-corrected chi connectivity index (χ0v) is 9.67. The highest BCUT2D eigenvalue weighted by Gasteiger charge is 2.09. The van der Waals surface area contributed by atoms with E-state index in [1.165, 1.54) is 0 Å². The number of nitrogens with one attached hydrogen (secondary N) is 1. The van der Waals surface area contributed by atoms with Crippen LogP contribution in [-0.2, 0) is 0 Å². The second-order valence-corrected chi connectivity index (χ2v) is 4.18. The molecule has 0 radical (unpaired) electrons. The number of benzene rings is 1. The lowest BCUT2D eigenvalue weighted by Gasteiger charge is -2.05. The van der Waals surface area contributed by atoms with Gasteiger partial charge in [-0.2, -0.15) is 5.10 Å². The molecule has 1 heterocycles. The van der Waals surface area contributed by atoms with E-state index in [1.54, 1.807) is 12.1 Å². The number of nitrogens with zero attached hydrogens (tertiary/aromatic N) is 1. The van der Waals surface area contributed by atoms with Crippen molar-refractivity contribution < 1.29 is 5.11 Å². The molecule has 4 nitrogen and oxygen atoms in total. The van der Waals surface area contributed by atoms with Crippen molar-refractivity contribution in [2.75, 3.05) is 5.73 Å². The number of aromatic amines is 1. The molecule has 0 unspecified atom stereocenters. The van der Waals surface area contributed by atoms with E-state index in [1.807, 2.05) is 13.0 Å². The summed E-state index contributed by atoms with van der Waals surface area (Å²) in [6.45, 7) is 1.91. The van der Waals surface area contributed by atoms with Crippen LogP contribution in [0.1, 0.15) is 5.56 Å². The number of anilines is 1. The van der Waals surface area contributed by atoms with Crippen molar-refractivity contribution in [1.29, 1.82) is 0 Å². The van der Waals surface area contributed by atoms with Crippen LogP contribution in [0.2, 0.25) is 0 Å².